The molecule has 0 aromatic heterocycles. The molecule has 0 heterocycles. The van der Waals surface area contributed by atoms with Crippen molar-refractivity contribution >= 4 is 17.9 Å². The lowest BCUT2D eigenvalue weighted by molar-refractivity contribution is -0.166. The Balaban J connectivity index is 4.46. The molecule has 0 fully saturated rings. The van der Waals surface area contributed by atoms with Crippen LogP contribution >= 0.6 is 0 Å². The summed E-state index contributed by atoms with van der Waals surface area (Å²) in [6.45, 7) is 6.11. The standard InChI is InChI=1S/C69H106O6/c1-4-7-10-13-16-19-22-25-28-29-30-31-32-33-34-35-36-37-38-39-42-44-47-50-53-56-59-62-68(71)74-65-66(75-69(72)63-60-57-54-51-48-45-41-27-24-21-18-15-12-9-6-3)64-73-67(70)61-58-55-52-49-46-43-40-26-23-20-17-14-11-8-5-2/h7-12,16-21,25-28,30-31,40-41,46,48-49,51,55,57-58,60,66H,4-6,13-15,22-24,29,32-39,42-45,47,50,52-54,56,59,61-65H2,1-3H3/b10-7-,11-8-,12-9-,19-16-,20-17-,21-18-,28-25-,31-30-,40-26-,41-27-,49-46-,51-48-,58-55-,60-57-. The van der Waals surface area contributed by atoms with Crippen molar-refractivity contribution in [1.29, 1.82) is 0 Å². The van der Waals surface area contributed by atoms with E-state index in [9.17, 15) is 14.4 Å². The van der Waals surface area contributed by atoms with E-state index in [4.69, 9.17) is 14.2 Å². The van der Waals surface area contributed by atoms with Crippen LogP contribution in [0.25, 0.3) is 0 Å². The molecule has 0 spiro atoms. The summed E-state index contributed by atoms with van der Waals surface area (Å²) in [4.78, 5) is 38.1. The van der Waals surface area contributed by atoms with Crippen LogP contribution in [0.15, 0.2) is 170 Å². The largest absolute Gasteiger partial charge is 0.462 e. The molecule has 0 amide bonds. The van der Waals surface area contributed by atoms with Crippen molar-refractivity contribution in [3.63, 3.8) is 0 Å². The van der Waals surface area contributed by atoms with Gasteiger partial charge in [-0.05, 0) is 109 Å². The summed E-state index contributed by atoms with van der Waals surface area (Å²) in [5.74, 6) is -1.23. The first-order valence-corrected chi connectivity index (χ1v) is 29.6. The second-order valence-corrected chi connectivity index (χ2v) is 18.8. The Bertz CT molecular complexity index is 1750. The molecule has 0 rings (SSSR count). The van der Waals surface area contributed by atoms with Crippen molar-refractivity contribution in [3.8, 4) is 0 Å². The summed E-state index contributed by atoms with van der Waals surface area (Å²) in [5.41, 5.74) is 0. The molecular formula is C69H106O6. The smallest absolute Gasteiger partial charge is 0.310 e. The van der Waals surface area contributed by atoms with E-state index in [0.29, 0.717) is 19.3 Å². The summed E-state index contributed by atoms with van der Waals surface area (Å²) >= 11 is 0. The van der Waals surface area contributed by atoms with E-state index in [0.717, 1.165) is 96.3 Å². The van der Waals surface area contributed by atoms with Crippen molar-refractivity contribution in [2.24, 2.45) is 0 Å². The number of ether oxygens (including phenoxy) is 3. The number of carbonyl (C=O) groups is 3. The van der Waals surface area contributed by atoms with Crippen molar-refractivity contribution in [3.05, 3.63) is 170 Å². The van der Waals surface area contributed by atoms with Crippen LogP contribution in [-0.2, 0) is 28.6 Å². The highest BCUT2D eigenvalue weighted by atomic mass is 16.6. The average molecular weight is 1030 g/mol. The van der Waals surface area contributed by atoms with E-state index in [1.165, 1.54) is 77.0 Å². The topological polar surface area (TPSA) is 78.9 Å². The lowest BCUT2D eigenvalue weighted by Crippen LogP contribution is -2.30. The van der Waals surface area contributed by atoms with Crippen molar-refractivity contribution < 1.29 is 28.6 Å². The Kier molecular flexibility index (Phi) is 57.0. The molecule has 1 atom stereocenters. The highest BCUT2D eigenvalue weighted by molar-refractivity contribution is 5.72. The first-order chi connectivity index (χ1) is 37.0. The van der Waals surface area contributed by atoms with Gasteiger partial charge in [0.25, 0.3) is 0 Å². The minimum absolute atomic E-state index is 0.0700. The molecule has 1 unspecified atom stereocenters. The summed E-state index contributed by atoms with van der Waals surface area (Å²) in [5, 5.41) is 0. The maximum Gasteiger partial charge on any atom is 0.310 e. The summed E-state index contributed by atoms with van der Waals surface area (Å²) in [7, 11) is 0. The fraction of sp³-hybridized carbons (Fsp3) is 0.551. The predicted octanol–water partition coefficient (Wildman–Crippen LogP) is 20.3. The van der Waals surface area contributed by atoms with Gasteiger partial charge in [0.1, 0.15) is 13.2 Å². The molecule has 0 aliphatic rings. The van der Waals surface area contributed by atoms with Gasteiger partial charge in [0.05, 0.1) is 12.8 Å². The number of carbonyl (C=O) groups excluding carboxylic acids is 3. The minimum Gasteiger partial charge on any atom is -0.462 e. The molecule has 6 heteroatoms. The molecule has 418 valence electrons. The first kappa shape index (κ1) is 69.8. The Morgan fingerprint density at radius 3 is 0.867 bits per heavy atom. The third kappa shape index (κ3) is 59.5. The van der Waals surface area contributed by atoms with Gasteiger partial charge in [-0.1, -0.05) is 268 Å². The Morgan fingerprint density at radius 2 is 0.533 bits per heavy atom. The molecule has 6 nitrogen and oxygen atoms in total. The monoisotopic (exact) mass is 1030 g/mol. The molecule has 0 N–H and O–H groups in total. The highest BCUT2D eigenvalue weighted by Crippen LogP contribution is 2.15. The third-order valence-electron chi connectivity index (χ3n) is 11.8. The van der Waals surface area contributed by atoms with Gasteiger partial charge in [-0.3, -0.25) is 14.4 Å². The van der Waals surface area contributed by atoms with Crippen LogP contribution in [0, 0.1) is 0 Å². The number of allylic oxidation sites excluding steroid dienone is 26. The predicted molar refractivity (Wildman–Crippen MR) is 325 cm³/mol. The van der Waals surface area contributed by atoms with E-state index < -0.39 is 18.0 Å². The fourth-order valence-corrected chi connectivity index (χ4v) is 7.46. The lowest BCUT2D eigenvalue weighted by Gasteiger charge is -2.17. The van der Waals surface area contributed by atoms with Gasteiger partial charge >= 0.3 is 17.9 Å². The van der Waals surface area contributed by atoms with E-state index in [2.05, 4.69) is 167 Å². The second kappa shape index (κ2) is 61.3. The number of unbranched alkanes of at least 4 members (excludes halogenated alkanes) is 14. The first-order valence-electron chi connectivity index (χ1n) is 29.6. The minimum atomic E-state index is -0.881. The molecule has 0 aromatic rings. The van der Waals surface area contributed by atoms with Crippen molar-refractivity contribution in [1.82, 2.24) is 0 Å². The van der Waals surface area contributed by atoms with Gasteiger partial charge in [0, 0.05) is 6.42 Å². The third-order valence-corrected chi connectivity index (χ3v) is 11.8. The second-order valence-electron chi connectivity index (χ2n) is 18.8. The zero-order valence-corrected chi connectivity index (χ0v) is 47.7. The van der Waals surface area contributed by atoms with Crippen LogP contribution in [0.4, 0.5) is 0 Å². The van der Waals surface area contributed by atoms with Gasteiger partial charge < -0.3 is 14.2 Å². The molecule has 75 heavy (non-hydrogen) atoms. The normalized spacial score (nSPS) is 13.4. The fourth-order valence-electron chi connectivity index (χ4n) is 7.46. The molecule has 0 aliphatic heterocycles. The zero-order chi connectivity index (χ0) is 54.3. The molecule has 0 saturated carbocycles. The van der Waals surface area contributed by atoms with Gasteiger partial charge in [0.2, 0.25) is 0 Å². The summed E-state index contributed by atoms with van der Waals surface area (Å²) < 4.78 is 16.6. The van der Waals surface area contributed by atoms with Gasteiger partial charge in [-0.25, -0.2) is 0 Å². The van der Waals surface area contributed by atoms with Gasteiger partial charge in [0.15, 0.2) is 6.10 Å². The molecule has 0 bridgehead atoms. The molecule has 0 aromatic carbocycles. The van der Waals surface area contributed by atoms with Crippen LogP contribution in [0.3, 0.4) is 0 Å². The number of esters is 3. The molecule has 0 radical (unpaired) electrons. The van der Waals surface area contributed by atoms with E-state index in [1.54, 1.807) is 12.2 Å². The molecule has 0 aliphatic carbocycles. The maximum atomic E-state index is 12.8. The Morgan fingerprint density at radius 1 is 0.280 bits per heavy atom. The van der Waals surface area contributed by atoms with Crippen LogP contribution in [0.2, 0.25) is 0 Å². The van der Waals surface area contributed by atoms with Crippen molar-refractivity contribution in [2.45, 2.75) is 232 Å². The maximum absolute atomic E-state index is 12.8. The quantitative estimate of drug-likeness (QED) is 0.0261. The Labute approximate surface area is 460 Å². The SMILES string of the molecule is CC/C=C\C/C=C\C/C=C\C/C=C\C/C=C\CC(=O)OCC(COC(=O)CCCCCCCCCCCCCCCC/C=C\C/C=C\C/C=C\C/C=C\CC)OC(=O)C/C=C\C/C=C\C/C=C\C/C=C\C/C=C\CC. The van der Waals surface area contributed by atoms with E-state index in [1.807, 2.05) is 12.2 Å². The van der Waals surface area contributed by atoms with Crippen LogP contribution in [0.1, 0.15) is 226 Å². The van der Waals surface area contributed by atoms with Crippen molar-refractivity contribution in [2.75, 3.05) is 13.2 Å². The molecule has 0 saturated heterocycles. The average Bonchev–Trinajstić information content (AvgIpc) is 3.41. The highest BCUT2D eigenvalue weighted by Gasteiger charge is 2.19. The van der Waals surface area contributed by atoms with Gasteiger partial charge in [-0.2, -0.15) is 0 Å². The molecular weight excluding hydrogens is 925 g/mol. The zero-order valence-electron chi connectivity index (χ0n) is 47.7. The lowest BCUT2D eigenvalue weighted by atomic mass is 10.0. The van der Waals surface area contributed by atoms with Crippen LogP contribution in [-0.4, -0.2) is 37.2 Å². The number of rotatable bonds is 51. The summed E-state index contributed by atoms with van der Waals surface area (Å²) in [6.07, 6.45) is 91.3. The van der Waals surface area contributed by atoms with E-state index in [-0.39, 0.29) is 32.0 Å². The van der Waals surface area contributed by atoms with Crippen LogP contribution < -0.4 is 0 Å². The van der Waals surface area contributed by atoms with Crippen LogP contribution in [0.5, 0.6) is 0 Å². The Hall–Kier alpha value is -5.23. The number of hydrogen-bond donors (Lipinski definition) is 0. The van der Waals surface area contributed by atoms with Gasteiger partial charge in [-0.15, -0.1) is 0 Å². The summed E-state index contributed by atoms with van der Waals surface area (Å²) in [6, 6.07) is 0. The number of hydrogen-bond acceptors (Lipinski definition) is 6. The van der Waals surface area contributed by atoms with E-state index >= 15 is 0 Å².